The lowest BCUT2D eigenvalue weighted by atomic mass is 10.1. The Hall–Kier alpha value is -2.55. The maximum absolute atomic E-state index is 12.2. The van der Waals surface area contributed by atoms with Gasteiger partial charge in [0.05, 0.1) is 6.61 Å². The Balaban J connectivity index is 2.09. The predicted octanol–water partition coefficient (Wildman–Crippen LogP) is 4.05. The van der Waals surface area contributed by atoms with Crippen LogP contribution in [0.5, 0.6) is 5.75 Å². The van der Waals surface area contributed by atoms with Crippen LogP contribution in [0.1, 0.15) is 22.8 Å². The summed E-state index contributed by atoms with van der Waals surface area (Å²) in [4.78, 5) is 14.2. The number of nitrogens with zero attached hydrogens (tertiary/aromatic N) is 1. The van der Waals surface area contributed by atoms with Gasteiger partial charge in [-0.05, 0) is 55.0 Å². The van der Waals surface area contributed by atoms with Crippen LogP contribution < -0.4 is 9.64 Å². The second-order valence-corrected chi connectivity index (χ2v) is 5.14. The fourth-order valence-corrected chi connectivity index (χ4v) is 2.07. The van der Waals surface area contributed by atoms with Crippen molar-refractivity contribution in [3.05, 3.63) is 65.7 Å². The van der Waals surface area contributed by atoms with Crippen molar-refractivity contribution in [2.45, 2.75) is 6.92 Å². The molecule has 0 radical (unpaired) electrons. The molecule has 0 aliphatic heterocycles. The van der Waals surface area contributed by atoms with Gasteiger partial charge in [0, 0.05) is 25.3 Å². The molecule has 0 unspecified atom stereocenters. The molecule has 2 rings (SSSR count). The van der Waals surface area contributed by atoms with E-state index in [1.165, 1.54) is 0 Å². The van der Waals surface area contributed by atoms with Crippen LogP contribution in [-0.4, -0.2) is 26.5 Å². The predicted molar refractivity (Wildman–Crippen MR) is 91.7 cm³/mol. The highest BCUT2D eigenvalue weighted by Crippen LogP contribution is 2.16. The summed E-state index contributed by atoms with van der Waals surface area (Å²) in [5.41, 5.74) is 2.71. The molecule has 0 aliphatic carbocycles. The minimum atomic E-state index is -0.00730. The molecule has 0 N–H and O–H groups in total. The van der Waals surface area contributed by atoms with Gasteiger partial charge in [0.1, 0.15) is 5.75 Å². The Labute approximate surface area is 131 Å². The lowest BCUT2D eigenvalue weighted by molar-refractivity contribution is 0.104. The first-order chi connectivity index (χ1) is 10.6. The first-order valence-corrected chi connectivity index (χ1v) is 7.33. The third-order valence-electron chi connectivity index (χ3n) is 3.26. The molecule has 0 aliphatic rings. The smallest absolute Gasteiger partial charge is 0.185 e. The van der Waals surface area contributed by atoms with Gasteiger partial charge in [0.2, 0.25) is 0 Å². The van der Waals surface area contributed by atoms with Gasteiger partial charge in [-0.3, -0.25) is 4.79 Å². The van der Waals surface area contributed by atoms with Crippen LogP contribution in [0.3, 0.4) is 0 Å². The van der Waals surface area contributed by atoms with Crippen LogP contribution >= 0.6 is 0 Å². The number of hydrogen-bond donors (Lipinski definition) is 0. The fraction of sp³-hybridized carbons (Fsp3) is 0.211. The SMILES string of the molecule is CCOc1cccc(C=CC(=O)c2ccc(N(C)C)cc2)c1. The van der Waals surface area contributed by atoms with E-state index in [9.17, 15) is 4.79 Å². The molecular formula is C19H21NO2. The first-order valence-electron chi connectivity index (χ1n) is 7.33. The van der Waals surface area contributed by atoms with Crippen LogP contribution in [0.4, 0.5) is 5.69 Å². The fourth-order valence-electron chi connectivity index (χ4n) is 2.07. The Bertz CT molecular complexity index is 657. The van der Waals surface area contributed by atoms with Gasteiger partial charge in [-0.15, -0.1) is 0 Å². The number of ether oxygens (including phenoxy) is 1. The highest BCUT2D eigenvalue weighted by Gasteiger charge is 2.02. The monoisotopic (exact) mass is 295 g/mol. The summed E-state index contributed by atoms with van der Waals surface area (Å²) in [6, 6.07) is 15.3. The Kier molecular flexibility index (Phi) is 5.37. The second-order valence-electron chi connectivity index (χ2n) is 5.14. The third-order valence-corrected chi connectivity index (χ3v) is 3.26. The van der Waals surface area contributed by atoms with Crippen molar-refractivity contribution in [1.29, 1.82) is 0 Å². The van der Waals surface area contributed by atoms with Gasteiger partial charge in [0.25, 0.3) is 0 Å². The van der Waals surface area contributed by atoms with Crippen LogP contribution in [0, 0.1) is 0 Å². The number of benzene rings is 2. The summed E-state index contributed by atoms with van der Waals surface area (Å²) < 4.78 is 5.45. The molecule has 3 heteroatoms. The first kappa shape index (κ1) is 15.8. The van der Waals surface area contributed by atoms with Gasteiger partial charge in [0.15, 0.2) is 5.78 Å². The minimum absolute atomic E-state index is 0.00730. The number of carbonyl (C=O) groups excluding carboxylic acids is 1. The minimum Gasteiger partial charge on any atom is -0.494 e. The van der Waals surface area contributed by atoms with Gasteiger partial charge in [-0.2, -0.15) is 0 Å². The van der Waals surface area contributed by atoms with E-state index >= 15 is 0 Å². The Morgan fingerprint density at radius 2 is 1.86 bits per heavy atom. The Morgan fingerprint density at radius 1 is 1.14 bits per heavy atom. The van der Waals surface area contributed by atoms with E-state index < -0.39 is 0 Å². The zero-order valence-electron chi connectivity index (χ0n) is 13.2. The lowest BCUT2D eigenvalue weighted by Gasteiger charge is -2.11. The van der Waals surface area contributed by atoms with Crippen LogP contribution in [0.2, 0.25) is 0 Å². The van der Waals surface area contributed by atoms with E-state index in [0.717, 1.165) is 17.0 Å². The topological polar surface area (TPSA) is 29.5 Å². The summed E-state index contributed by atoms with van der Waals surface area (Å²) in [5.74, 6) is 0.805. The maximum atomic E-state index is 12.2. The second kappa shape index (κ2) is 7.46. The van der Waals surface area contributed by atoms with E-state index in [1.54, 1.807) is 6.08 Å². The molecule has 114 valence electrons. The van der Waals surface area contributed by atoms with Gasteiger partial charge < -0.3 is 9.64 Å². The van der Waals surface area contributed by atoms with Crippen molar-refractivity contribution < 1.29 is 9.53 Å². The molecule has 2 aromatic carbocycles. The van der Waals surface area contributed by atoms with E-state index in [0.29, 0.717) is 12.2 Å². The van der Waals surface area contributed by atoms with Crippen molar-refractivity contribution in [3.63, 3.8) is 0 Å². The Morgan fingerprint density at radius 3 is 2.50 bits per heavy atom. The number of hydrogen-bond acceptors (Lipinski definition) is 3. The molecule has 0 saturated heterocycles. The highest BCUT2D eigenvalue weighted by molar-refractivity contribution is 6.07. The standard InChI is InChI=1S/C19H21NO2/c1-4-22-18-7-5-6-15(14-18)8-13-19(21)16-9-11-17(12-10-16)20(2)3/h5-14H,4H2,1-3H3. The van der Waals surface area contributed by atoms with Crippen molar-refractivity contribution in [2.75, 3.05) is 25.6 Å². The maximum Gasteiger partial charge on any atom is 0.185 e. The van der Waals surface area contributed by atoms with Crippen LogP contribution in [-0.2, 0) is 0 Å². The van der Waals surface area contributed by atoms with E-state index in [2.05, 4.69) is 0 Å². The van der Waals surface area contributed by atoms with E-state index in [-0.39, 0.29) is 5.78 Å². The number of allylic oxidation sites excluding steroid dienone is 1. The molecule has 0 spiro atoms. The summed E-state index contributed by atoms with van der Waals surface area (Å²) in [6.45, 7) is 2.58. The molecule has 0 atom stereocenters. The third kappa shape index (κ3) is 4.22. The molecule has 0 fully saturated rings. The van der Waals surface area contributed by atoms with Crippen LogP contribution in [0.25, 0.3) is 6.08 Å². The molecule has 0 amide bonds. The molecule has 3 nitrogen and oxygen atoms in total. The molecule has 0 aromatic heterocycles. The van der Waals surface area contributed by atoms with Gasteiger partial charge in [-0.25, -0.2) is 0 Å². The number of carbonyl (C=O) groups is 1. The van der Waals surface area contributed by atoms with Crippen molar-refractivity contribution in [1.82, 2.24) is 0 Å². The van der Waals surface area contributed by atoms with E-state index in [1.807, 2.05) is 80.5 Å². The molecular weight excluding hydrogens is 274 g/mol. The van der Waals surface area contributed by atoms with Crippen molar-refractivity contribution >= 4 is 17.5 Å². The quantitative estimate of drug-likeness (QED) is 0.595. The average Bonchev–Trinajstić information content (AvgIpc) is 2.53. The number of anilines is 1. The molecule has 2 aromatic rings. The lowest BCUT2D eigenvalue weighted by Crippen LogP contribution is -2.08. The normalized spacial score (nSPS) is 10.7. The zero-order valence-corrected chi connectivity index (χ0v) is 13.2. The molecule has 0 heterocycles. The van der Waals surface area contributed by atoms with Crippen LogP contribution in [0.15, 0.2) is 54.6 Å². The summed E-state index contributed by atoms with van der Waals surface area (Å²) in [7, 11) is 3.95. The summed E-state index contributed by atoms with van der Waals surface area (Å²) >= 11 is 0. The van der Waals surface area contributed by atoms with Crippen molar-refractivity contribution in [2.24, 2.45) is 0 Å². The van der Waals surface area contributed by atoms with Crippen molar-refractivity contribution in [3.8, 4) is 5.75 Å². The molecule has 22 heavy (non-hydrogen) atoms. The average molecular weight is 295 g/mol. The zero-order chi connectivity index (χ0) is 15.9. The highest BCUT2D eigenvalue weighted by atomic mass is 16.5. The molecule has 0 bridgehead atoms. The molecule has 0 saturated carbocycles. The number of rotatable bonds is 6. The van der Waals surface area contributed by atoms with Gasteiger partial charge >= 0.3 is 0 Å². The largest absolute Gasteiger partial charge is 0.494 e. The van der Waals surface area contributed by atoms with Gasteiger partial charge in [-0.1, -0.05) is 18.2 Å². The number of ketones is 1. The van der Waals surface area contributed by atoms with E-state index in [4.69, 9.17) is 4.74 Å². The summed E-state index contributed by atoms with van der Waals surface area (Å²) in [6.07, 6.45) is 3.40. The summed E-state index contributed by atoms with van der Waals surface area (Å²) in [5, 5.41) is 0.